The van der Waals surface area contributed by atoms with Gasteiger partial charge in [-0.05, 0) is 68.6 Å². The van der Waals surface area contributed by atoms with E-state index in [-0.39, 0.29) is 6.10 Å². The first-order chi connectivity index (χ1) is 17.8. The second kappa shape index (κ2) is 10.5. The second-order valence-corrected chi connectivity index (χ2v) is 11.3. The van der Waals surface area contributed by atoms with Gasteiger partial charge in [-0.3, -0.25) is 5.32 Å². The van der Waals surface area contributed by atoms with Crippen LogP contribution in [-0.4, -0.2) is 41.8 Å². The lowest BCUT2D eigenvalue weighted by molar-refractivity contribution is 0.130. The van der Waals surface area contributed by atoms with E-state index in [1.54, 1.807) is 6.33 Å². The Kier molecular flexibility index (Phi) is 7.12. The molecule has 1 saturated carbocycles. The van der Waals surface area contributed by atoms with Crippen molar-refractivity contribution in [3.8, 4) is 11.3 Å². The van der Waals surface area contributed by atoms with Crippen LogP contribution in [0.15, 0.2) is 53.7 Å². The Morgan fingerprint density at radius 3 is 2.62 bits per heavy atom. The molecular formula is C27H32N6O3S. The van der Waals surface area contributed by atoms with E-state index in [9.17, 15) is 9.35 Å². The molecular weight excluding hydrogens is 488 g/mol. The molecule has 4 aromatic rings. The number of hydrogen-bond donors (Lipinski definition) is 2. The maximum atomic E-state index is 13.2. The van der Waals surface area contributed by atoms with Crippen LogP contribution >= 0.6 is 0 Å². The number of hydrogen-bond acceptors (Lipinski definition) is 6. The summed E-state index contributed by atoms with van der Waals surface area (Å²) in [5.41, 5.74) is 11.0. The van der Waals surface area contributed by atoms with Crippen molar-refractivity contribution < 1.29 is 14.1 Å². The summed E-state index contributed by atoms with van der Waals surface area (Å²) in [5, 5.41) is 11.7. The minimum Gasteiger partial charge on any atom is -0.611 e. The van der Waals surface area contributed by atoms with Crippen molar-refractivity contribution in [2.24, 2.45) is 7.05 Å². The highest BCUT2D eigenvalue weighted by Crippen LogP contribution is 2.44. The number of amides is 1. The van der Waals surface area contributed by atoms with Crippen molar-refractivity contribution >= 4 is 39.5 Å². The lowest BCUT2D eigenvalue weighted by Crippen LogP contribution is -2.18. The van der Waals surface area contributed by atoms with Gasteiger partial charge in [0, 0.05) is 35.8 Å². The first kappa shape index (κ1) is 25.2. The minimum absolute atomic E-state index is 0.191. The van der Waals surface area contributed by atoms with Crippen LogP contribution in [0, 0.1) is 0 Å². The predicted molar refractivity (Wildman–Crippen MR) is 146 cm³/mol. The van der Waals surface area contributed by atoms with Crippen LogP contribution in [0.1, 0.15) is 45.0 Å². The Balaban J connectivity index is 1.45. The van der Waals surface area contributed by atoms with Gasteiger partial charge in [0.05, 0.1) is 29.4 Å². The highest BCUT2D eigenvalue weighted by molar-refractivity contribution is 7.91. The molecule has 10 heteroatoms. The number of anilines is 2. The number of nitrogen functional groups attached to an aromatic ring is 1. The highest BCUT2D eigenvalue weighted by atomic mass is 32.2. The van der Waals surface area contributed by atoms with Gasteiger partial charge >= 0.3 is 6.09 Å². The molecule has 2 aromatic carbocycles. The van der Waals surface area contributed by atoms with Crippen molar-refractivity contribution in [1.29, 1.82) is 0 Å². The van der Waals surface area contributed by atoms with Crippen LogP contribution in [0.4, 0.5) is 16.2 Å². The molecule has 0 saturated heterocycles. The molecule has 0 aliphatic heterocycles. The maximum Gasteiger partial charge on any atom is 0.411 e. The van der Waals surface area contributed by atoms with Crippen LogP contribution in [0.25, 0.3) is 22.2 Å². The number of nitrogens with one attached hydrogen (secondary N) is 1. The van der Waals surface area contributed by atoms with E-state index in [2.05, 4.69) is 20.1 Å². The third-order valence-electron chi connectivity index (χ3n) is 6.78. The fourth-order valence-electron chi connectivity index (χ4n) is 4.68. The fraction of sp³-hybridized carbons (Fsp3) is 0.370. The molecule has 0 bridgehead atoms. The lowest BCUT2D eigenvalue weighted by Gasteiger charge is -2.30. The second-order valence-electron chi connectivity index (χ2n) is 9.71. The molecule has 3 N–H and O–H groups in total. The average Bonchev–Trinajstić information content (AvgIpc) is 3.37. The SMILES string of the molecule is CC(C)OC(=O)Nc1ccc(-c2c(N)c3ccc([S+]([O-])CCc4nncn4C)cc3n2C2CCC2)cc1. The molecule has 1 fully saturated rings. The molecule has 5 rings (SSSR count). The van der Waals surface area contributed by atoms with E-state index >= 15 is 0 Å². The molecule has 1 amide bonds. The van der Waals surface area contributed by atoms with Crippen molar-refractivity contribution in [1.82, 2.24) is 19.3 Å². The number of nitrogens with two attached hydrogens (primary N) is 1. The lowest BCUT2D eigenvalue weighted by atomic mass is 9.92. The molecule has 2 aromatic heterocycles. The smallest absolute Gasteiger partial charge is 0.411 e. The van der Waals surface area contributed by atoms with Gasteiger partial charge in [0.25, 0.3) is 0 Å². The third kappa shape index (κ3) is 5.17. The maximum absolute atomic E-state index is 13.2. The molecule has 2 heterocycles. The summed E-state index contributed by atoms with van der Waals surface area (Å²) in [7, 11) is 1.89. The predicted octanol–water partition coefficient (Wildman–Crippen LogP) is 5.05. The summed E-state index contributed by atoms with van der Waals surface area (Å²) < 4.78 is 22.5. The van der Waals surface area contributed by atoms with Gasteiger partial charge in [0.2, 0.25) is 0 Å². The Morgan fingerprint density at radius 2 is 2.00 bits per heavy atom. The van der Waals surface area contributed by atoms with Gasteiger partial charge in [-0.2, -0.15) is 0 Å². The van der Waals surface area contributed by atoms with E-state index in [1.807, 2.05) is 67.9 Å². The Morgan fingerprint density at radius 1 is 1.24 bits per heavy atom. The van der Waals surface area contributed by atoms with Crippen molar-refractivity contribution in [3.63, 3.8) is 0 Å². The number of aromatic nitrogens is 4. The number of fused-ring (bicyclic) bond motifs is 1. The molecule has 1 atom stereocenters. The van der Waals surface area contributed by atoms with Crippen LogP contribution in [0.5, 0.6) is 0 Å². The van der Waals surface area contributed by atoms with Crippen LogP contribution in [0.3, 0.4) is 0 Å². The molecule has 1 aliphatic carbocycles. The third-order valence-corrected chi connectivity index (χ3v) is 8.14. The molecule has 37 heavy (non-hydrogen) atoms. The molecule has 9 nitrogen and oxygen atoms in total. The number of carbonyl (C=O) groups excluding carboxylic acids is 1. The van der Waals surface area contributed by atoms with Gasteiger partial charge in [0.15, 0.2) is 4.90 Å². The molecule has 0 spiro atoms. The Labute approximate surface area is 219 Å². The summed E-state index contributed by atoms with van der Waals surface area (Å²) in [5.74, 6) is 1.28. The van der Waals surface area contributed by atoms with Gasteiger partial charge in [0.1, 0.15) is 17.9 Å². The summed E-state index contributed by atoms with van der Waals surface area (Å²) in [6.45, 7) is 3.62. The first-order valence-corrected chi connectivity index (χ1v) is 13.9. The number of rotatable bonds is 8. The van der Waals surface area contributed by atoms with Crippen molar-refractivity contribution in [2.75, 3.05) is 16.8 Å². The van der Waals surface area contributed by atoms with Crippen LogP contribution in [-0.2, 0) is 29.4 Å². The van der Waals surface area contributed by atoms with E-state index in [4.69, 9.17) is 10.5 Å². The average molecular weight is 521 g/mol. The number of carbonyl (C=O) groups is 1. The van der Waals surface area contributed by atoms with Gasteiger partial charge in [-0.25, -0.2) is 4.79 Å². The zero-order chi connectivity index (χ0) is 26.1. The zero-order valence-electron chi connectivity index (χ0n) is 21.3. The van der Waals surface area contributed by atoms with Crippen molar-refractivity contribution in [2.45, 2.75) is 56.6 Å². The zero-order valence-corrected chi connectivity index (χ0v) is 22.1. The quantitative estimate of drug-likeness (QED) is 0.313. The van der Waals surface area contributed by atoms with Crippen LogP contribution in [0.2, 0.25) is 0 Å². The van der Waals surface area contributed by atoms with E-state index < -0.39 is 17.3 Å². The number of nitrogens with zero attached hydrogens (tertiary/aromatic N) is 4. The van der Waals surface area contributed by atoms with E-state index in [0.29, 0.717) is 29.6 Å². The number of benzene rings is 2. The molecule has 0 radical (unpaired) electrons. The summed E-state index contributed by atoms with van der Waals surface area (Å²) >= 11 is -1.18. The fourth-order valence-corrected chi connectivity index (χ4v) is 5.75. The minimum atomic E-state index is -1.18. The topological polar surface area (TPSA) is 123 Å². The normalized spacial score (nSPS) is 14.6. The highest BCUT2D eigenvalue weighted by Gasteiger charge is 2.28. The number of aryl methyl sites for hydroxylation is 2. The van der Waals surface area contributed by atoms with Gasteiger partial charge in [-0.1, -0.05) is 12.1 Å². The van der Waals surface area contributed by atoms with E-state index in [1.165, 1.54) is 6.42 Å². The summed E-state index contributed by atoms with van der Waals surface area (Å²) in [6.07, 6.45) is 4.90. The monoisotopic (exact) mass is 520 g/mol. The van der Waals surface area contributed by atoms with Crippen molar-refractivity contribution in [3.05, 3.63) is 54.6 Å². The first-order valence-electron chi connectivity index (χ1n) is 12.5. The molecule has 194 valence electrons. The number of ether oxygens (including phenoxy) is 1. The summed E-state index contributed by atoms with van der Waals surface area (Å²) in [4.78, 5) is 12.7. The standard InChI is InChI=1S/C27H32N6O3S/c1-17(2)36-27(34)30-19-9-7-18(8-10-19)26-25(28)22-12-11-21(15-23(22)33(26)20-5-4-6-20)37(35)14-13-24-31-29-16-32(24)3/h7-12,15-17,20H,4-6,13-14,28H2,1-3H3,(H,30,34). The molecule has 1 unspecified atom stereocenters. The Bertz CT molecular complexity index is 1410. The van der Waals surface area contributed by atoms with Gasteiger partial charge < -0.3 is 24.2 Å². The Hall–Kier alpha value is -3.50. The van der Waals surface area contributed by atoms with Crippen LogP contribution < -0.4 is 11.1 Å². The van der Waals surface area contributed by atoms with E-state index in [0.717, 1.165) is 45.7 Å². The van der Waals surface area contributed by atoms with Gasteiger partial charge in [-0.15, -0.1) is 10.2 Å². The molecule has 1 aliphatic rings. The largest absolute Gasteiger partial charge is 0.611 e. The summed E-state index contributed by atoms with van der Waals surface area (Å²) in [6, 6.07) is 13.9.